The van der Waals surface area contributed by atoms with Gasteiger partial charge >= 0.3 is 0 Å². The van der Waals surface area contributed by atoms with Crippen molar-refractivity contribution in [3.05, 3.63) is 23.8 Å². The Morgan fingerprint density at radius 1 is 1.20 bits per heavy atom. The Morgan fingerprint density at radius 3 is 2.53 bits per heavy atom. The second kappa shape index (κ2) is 5.66. The summed E-state index contributed by atoms with van der Waals surface area (Å²) in [5, 5.41) is 0. The lowest BCUT2D eigenvalue weighted by Gasteiger charge is -2.02. The van der Waals surface area contributed by atoms with Crippen molar-refractivity contribution in [2.75, 3.05) is 0 Å². The van der Waals surface area contributed by atoms with Crippen molar-refractivity contribution < 1.29 is 9.59 Å². The summed E-state index contributed by atoms with van der Waals surface area (Å²) in [5.74, 6) is 0. The van der Waals surface area contributed by atoms with Crippen LogP contribution in [0.4, 0.5) is 11.4 Å². The van der Waals surface area contributed by atoms with Crippen LogP contribution in [0, 0.1) is 0 Å². The lowest BCUT2D eigenvalue weighted by Crippen LogP contribution is -1.83. The molecule has 0 aromatic heterocycles. The van der Waals surface area contributed by atoms with Crippen LogP contribution in [-0.4, -0.2) is 12.2 Å². The highest BCUT2D eigenvalue weighted by molar-refractivity contribution is 5.62. The van der Waals surface area contributed by atoms with E-state index in [2.05, 4.69) is 9.98 Å². The number of carbonyl (C=O) groups excluding carboxylic acids is 2. The first-order chi connectivity index (χ1) is 7.31. The van der Waals surface area contributed by atoms with Gasteiger partial charge in [-0.15, -0.1) is 0 Å². The molecular formula is C11H10N2O2. The van der Waals surface area contributed by atoms with E-state index in [1.54, 1.807) is 18.2 Å². The molecule has 1 aromatic carbocycles. The third kappa shape index (κ3) is 2.99. The van der Waals surface area contributed by atoms with Crippen molar-refractivity contribution in [3.8, 4) is 0 Å². The molecule has 0 radical (unpaired) electrons. The van der Waals surface area contributed by atoms with Gasteiger partial charge in [-0.1, -0.05) is 19.4 Å². The van der Waals surface area contributed by atoms with Gasteiger partial charge in [-0.3, -0.25) is 0 Å². The van der Waals surface area contributed by atoms with Crippen LogP contribution < -0.4 is 0 Å². The average Bonchev–Trinajstić information content (AvgIpc) is 2.23. The van der Waals surface area contributed by atoms with Crippen LogP contribution in [0.3, 0.4) is 0 Å². The van der Waals surface area contributed by atoms with Crippen molar-refractivity contribution >= 4 is 23.5 Å². The Balaban J connectivity index is 3.19. The summed E-state index contributed by atoms with van der Waals surface area (Å²) < 4.78 is 0. The first-order valence-corrected chi connectivity index (χ1v) is 4.60. The molecule has 0 aliphatic rings. The molecule has 0 heterocycles. The normalized spacial score (nSPS) is 8.87. The molecule has 0 spiro atoms. The first kappa shape index (κ1) is 11.1. The van der Waals surface area contributed by atoms with Gasteiger partial charge in [-0.05, 0) is 24.1 Å². The Labute approximate surface area is 87.4 Å². The van der Waals surface area contributed by atoms with Gasteiger partial charge in [-0.25, -0.2) is 9.59 Å². The smallest absolute Gasteiger partial charge is 0.211 e. The number of rotatable bonds is 4. The zero-order chi connectivity index (χ0) is 11.1. The molecule has 0 fully saturated rings. The fraction of sp³-hybridized carbons (Fsp3) is 0.273. The molecule has 4 nitrogen and oxygen atoms in total. The third-order valence-electron chi connectivity index (χ3n) is 1.93. The van der Waals surface area contributed by atoms with E-state index in [-0.39, 0.29) is 0 Å². The SMILES string of the molecule is CCCc1ccc(N=C=O)cc1N=C=O. The zero-order valence-corrected chi connectivity index (χ0v) is 8.36. The molecule has 0 atom stereocenters. The predicted molar refractivity (Wildman–Crippen MR) is 56.0 cm³/mol. The minimum absolute atomic E-state index is 0.443. The van der Waals surface area contributed by atoms with E-state index in [1.807, 2.05) is 6.92 Å². The summed E-state index contributed by atoms with van der Waals surface area (Å²) in [6, 6.07) is 5.07. The molecule has 15 heavy (non-hydrogen) atoms. The fourth-order valence-electron chi connectivity index (χ4n) is 1.31. The van der Waals surface area contributed by atoms with Crippen LogP contribution >= 0.6 is 0 Å². The monoisotopic (exact) mass is 202 g/mol. The Hall–Kier alpha value is -2.02. The van der Waals surface area contributed by atoms with Crippen LogP contribution in [0.15, 0.2) is 28.2 Å². The number of aryl methyl sites for hydroxylation is 1. The van der Waals surface area contributed by atoms with Gasteiger partial charge < -0.3 is 0 Å². The van der Waals surface area contributed by atoms with Gasteiger partial charge in [0.15, 0.2) is 0 Å². The molecule has 76 valence electrons. The van der Waals surface area contributed by atoms with Crippen molar-refractivity contribution in [3.63, 3.8) is 0 Å². The van der Waals surface area contributed by atoms with Gasteiger partial charge in [0.1, 0.15) is 0 Å². The Kier molecular flexibility index (Phi) is 4.17. The highest BCUT2D eigenvalue weighted by Crippen LogP contribution is 2.25. The topological polar surface area (TPSA) is 58.9 Å². The minimum atomic E-state index is 0.443. The van der Waals surface area contributed by atoms with E-state index in [0.717, 1.165) is 18.4 Å². The lowest BCUT2D eigenvalue weighted by molar-refractivity contribution is 0.564. The van der Waals surface area contributed by atoms with Crippen molar-refractivity contribution in [1.82, 2.24) is 0 Å². The predicted octanol–water partition coefficient (Wildman–Crippen LogP) is 2.57. The second-order valence-electron chi connectivity index (χ2n) is 2.97. The third-order valence-corrected chi connectivity index (χ3v) is 1.93. The van der Waals surface area contributed by atoms with Gasteiger partial charge in [0, 0.05) is 0 Å². The minimum Gasteiger partial charge on any atom is -0.211 e. The molecule has 0 aliphatic carbocycles. The maximum atomic E-state index is 10.2. The summed E-state index contributed by atoms with van der Waals surface area (Å²) in [4.78, 5) is 27.3. The first-order valence-electron chi connectivity index (χ1n) is 4.60. The van der Waals surface area contributed by atoms with E-state index in [1.165, 1.54) is 12.2 Å². The highest BCUT2D eigenvalue weighted by Gasteiger charge is 2.01. The maximum Gasteiger partial charge on any atom is 0.240 e. The molecule has 0 amide bonds. The zero-order valence-electron chi connectivity index (χ0n) is 8.36. The van der Waals surface area contributed by atoms with Crippen LogP contribution in [0.5, 0.6) is 0 Å². The fourth-order valence-corrected chi connectivity index (χ4v) is 1.31. The van der Waals surface area contributed by atoms with Gasteiger partial charge in [-0.2, -0.15) is 9.98 Å². The number of isocyanates is 2. The number of benzene rings is 1. The number of hydrogen-bond acceptors (Lipinski definition) is 4. The van der Waals surface area contributed by atoms with Crippen molar-refractivity contribution in [2.45, 2.75) is 19.8 Å². The lowest BCUT2D eigenvalue weighted by atomic mass is 10.1. The summed E-state index contributed by atoms with van der Waals surface area (Å²) in [6.07, 6.45) is 4.71. The van der Waals surface area contributed by atoms with E-state index in [9.17, 15) is 9.59 Å². The van der Waals surface area contributed by atoms with Crippen molar-refractivity contribution in [2.24, 2.45) is 9.98 Å². The standard InChI is InChI=1S/C11H10N2O2/c1-2-3-9-4-5-10(12-7-14)6-11(9)13-8-15/h4-6H,2-3H2,1H3. The van der Waals surface area contributed by atoms with Gasteiger partial charge in [0.25, 0.3) is 0 Å². The molecule has 1 aromatic rings. The van der Waals surface area contributed by atoms with E-state index >= 15 is 0 Å². The van der Waals surface area contributed by atoms with E-state index in [4.69, 9.17) is 0 Å². The quantitative estimate of drug-likeness (QED) is 0.556. The Bertz CT molecular complexity index is 442. The van der Waals surface area contributed by atoms with Crippen LogP contribution in [0.25, 0.3) is 0 Å². The summed E-state index contributed by atoms with van der Waals surface area (Å²) in [5.41, 5.74) is 1.91. The molecule has 1 rings (SSSR count). The van der Waals surface area contributed by atoms with Crippen LogP contribution in [0.2, 0.25) is 0 Å². The maximum absolute atomic E-state index is 10.2. The van der Waals surface area contributed by atoms with Gasteiger partial charge in [0.05, 0.1) is 11.4 Å². The average molecular weight is 202 g/mol. The molecule has 0 unspecified atom stereocenters. The Morgan fingerprint density at radius 2 is 1.93 bits per heavy atom. The molecule has 0 saturated carbocycles. The highest BCUT2D eigenvalue weighted by atomic mass is 16.1. The molecule has 4 heteroatoms. The number of aliphatic imine (C=N–C) groups is 2. The number of hydrogen-bond donors (Lipinski definition) is 0. The van der Waals surface area contributed by atoms with Crippen molar-refractivity contribution in [1.29, 1.82) is 0 Å². The largest absolute Gasteiger partial charge is 0.240 e. The number of nitrogens with zero attached hydrogens (tertiary/aromatic N) is 2. The summed E-state index contributed by atoms with van der Waals surface area (Å²) in [7, 11) is 0. The van der Waals surface area contributed by atoms with E-state index < -0.39 is 0 Å². The van der Waals surface area contributed by atoms with Crippen LogP contribution in [0.1, 0.15) is 18.9 Å². The van der Waals surface area contributed by atoms with Crippen LogP contribution in [-0.2, 0) is 16.0 Å². The second-order valence-corrected chi connectivity index (χ2v) is 2.97. The van der Waals surface area contributed by atoms with Gasteiger partial charge in [0.2, 0.25) is 12.2 Å². The summed E-state index contributed by atoms with van der Waals surface area (Å²) >= 11 is 0. The molecule has 0 aliphatic heterocycles. The molecular weight excluding hydrogens is 192 g/mol. The summed E-state index contributed by atoms with van der Waals surface area (Å²) in [6.45, 7) is 2.03. The molecule has 0 N–H and O–H groups in total. The molecule has 0 saturated heterocycles. The van der Waals surface area contributed by atoms with E-state index in [0.29, 0.717) is 11.4 Å². The molecule has 0 bridgehead atoms.